The molecule has 2 heterocycles. The number of hydrogen-bond donors (Lipinski definition) is 2. The highest BCUT2D eigenvalue weighted by Crippen LogP contribution is 2.12. The van der Waals surface area contributed by atoms with Crippen molar-refractivity contribution >= 4 is 0 Å². The Labute approximate surface area is 89.7 Å². The van der Waals surface area contributed by atoms with Crippen LogP contribution in [0.15, 0.2) is 12.4 Å². The van der Waals surface area contributed by atoms with Gasteiger partial charge in [0.15, 0.2) is 0 Å². The summed E-state index contributed by atoms with van der Waals surface area (Å²) >= 11 is 0. The van der Waals surface area contributed by atoms with Gasteiger partial charge in [-0.3, -0.25) is 9.58 Å². The van der Waals surface area contributed by atoms with Gasteiger partial charge in [-0.1, -0.05) is 0 Å². The summed E-state index contributed by atoms with van der Waals surface area (Å²) < 4.78 is 1.72. The molecule has 0 radical (unpaired) electrons. The highest BCUT2D eigenvalue weighted by molar-refractivity contribution is 5.08. The van der Waals surface area contributed by atoms with Crippen molar-refractivity contribution in [2.24, 2.45) is 7.05 Å². The lowest BCUT2D eigenvalue weighted by Gasteiger charge is -2.28. The van der Waals surface area contributed by atoms with Crippen LogP contribution in [0.25, 0.3) is 0 Å². The van der Waals surface area contributed by atoms with Crippen molar-refractivity contribution in [3.8, 4) is 0 Å². The van der Waals surface area contributed by atoms with Crippen molar-refractivity contribution < 1.29 is 5.11 Å². The molecule has 1 saturated heterocycles. The number of β-amino-alcohol motifs (C(OH)–C–C–N with tert-alkyl or cyclic N) is 1. The molecule has 0 aromatic carbocycles. The van der Waals surface area contributed by atoms with Gasteiger partial charge in [-0.2, -0.15) is 5.10 Å². The van der Waals surface area contributed by atoms with Crippen LogP contribution in [-0.4, -0.2) is 52.5 Å². The summed E-state index contributed by atoms with van der Waals surface area (Å²) in [5.41, 5.74) is 0.899. The fourth-order valence-electron chi connectivity index (χ4n) is 1.86. The molecule has 2 N–H and O–H groups in total. The summed E-state index contributed by atoms with van der Waals surface area (Å²) in [5.74, 6) is 0. The second kappa shape index (κ2) is 4.74. The zero-order valence-electron chi connectivity index (χ0n) is 9.06. The van der Waals surface area contributed by atoms with E-state index in [1.54, 1.807) is 10.9 Å². The number of hydrogen-bond acceptors (Lipinski definition) is 4. The fourth-order valence-corrected chi connectivity index (χ4v) is 1.86. The van der Waals surface area contributed by atoms with E-state index in [4.69, 9.17) is 0 Å². The fraction of sp³-hybridized carbons (Fsp3) is 0.700. The first-order chi connectivity index (χ1) is 7.25. The van der Waals surface area contributed by atoms with Gasteiger partial charge in [0.2, 0.25) is 0 Å². The molecular weight excluding hydrogens is 192 g/mol. The van der Waals surface area contributed by atoms with Gasteiger partial charge in [-0.15, -0.1) is 0 Å². The second-order valence-corrected chi connectivity index (χ2v) is 4.01. The average Bonchev–Trinajstić information content (AvgIpc) is 2.66. The number of nitrogens with one attached hydrogen (secondary N) is 1. The molecule has 5 heteroatoms. The molecule has 1 aliphatic rings. The van der Waals surface area contributed by atoms with Gasteiger partial charge in [0.25, 0.3) is 0 Å². The highest BCUT2D eigenvalue weighted by atomic mass is 16.3. The quantitative estimate of drug-likeness (QED) is 0.697. The van der Waals surface area contributed by atoms with Crippen LogP contribution in [0.4, 0.5) is 0 Å². The van der Waals surface area contributed by atoms with Gasteiger partial charge < -0.3 is 10.4 Å². The number of rotatable bonds is 3. The van der Waals surface area contributed by atoms with E-state index in [1.807, 2.05) is 13.2 Å². The molecule has 1 aliphatic heterocycles. The van der Waals surface area contributed by atoms with E-state index in [0.717, 1.165) is 31.7 Å². The molecule has 84 valence electrons. The van der Waals surface area contributed by atoms with E-state index in [9.17, 15) is 5.11 Å². The molecular formula is C10H18N4O. The van der Waals surface area contributed by atoms with E-state index >= 15 is 0 Å². The van der Waals surface area contributed by atoms with Crippen LogP contribution in [0.1, 0.15) is 11.7 Å². The van der Waals surface area contributed by atoms with E-state index in [0.29, 0.717) is 6.54 Å². The topological polar surface area (TPSA) is 53.3 Å². The zero-order chi connectivity index (χ0) is 10.7. The lowest BCUT2D eigenvalue weighted by molar-refractivity contribution is 0.105. The van der Waals surface area contributed by atoms with Crippen LogP contribution in [0.2, 0.25) is 0 Å². The third-order valence-electron chi connectivity index (χ3n) is 2.75. The third kappa shape index (κ3) is 2.77. The van der Waals surface area contributed by atoms with Crippen LogP contribution >= 0.6 is 0 Å². The summed E-state index contributed by atoms with van der Waals surface area (Å²) in [5, 5.41) is 17.3. The van der Waals surface area contributed by atoms with Crippen molar-refractivity contribution in [3.05, 3.63) is 18.0 Å². The Morgan fingerprint density at radius 3 is 2.87 bits per heavy atom. The van der Waals surface area contributed by atoms with Gasteiger partial charge in [0.05, 0.1) is 12.3 Å². The minimum Gasteiger partial charge on any atom is -0.387 e. The van der Waals surface area contributed by atoms with Gasteiger partial charge in [-0.05, 0) is 0 Å². The van der Waals surface area contributed by atoms with E-state index < -0.39 is 6.10 Å². The van der Waals surface area contributed by atoms with Crippen molar-refractivity contribution in [3.63, 3.8) is 0 Å². The Morgan fingerprint density at radius 2 is 2.27 bits per heavy atom. The molecule has 0 aliphatic carbocycles. The maximum absolute atomic E-state index is 9.97. The molecule has 0 spiro atoms. The van der Waals surface area contributed by atoms with Crippen molar-refractivity contribution in [1.29, 1.82) is 0 Å². The molecule has 1 atom stereocenters. The molecule has 5 nitrogen and oxygen atoms in total. The van der Waals surface area contributed by atoms with Gasteiger partial charge in [0, 0.05) is 51.5 Å². The number of aliphatic hydroxyl groups excluding tert-OH is 1. The molecule has 0 bridgehead atoms. The minimum atomic E-state index is -0.420. The number of aryl methyl sites for hydroxylation is 1. The Bertz CT molecular complexity index is 306. The summed E-state index contributed by atoms with van der Waals surface area (Å²) in [6, 6.07) is 0. The predicted octanol–water partition coefficient (Wildman–Crippen LogP) is -0.641. The molecule has 1 aromatic rings. The Kier molecular flexibility index (Phi) is 3.35. The molecule has 0 unspecified atom stereocenters. The van der Waals surface area contributed by atoms with Crippen LogP contribution in [0.3, 0.4) is 0 Å². The molecule has 15 heavy (non-hydrogen) atoms. The number of aromatic nitrogens is 2. The summed E-state index contributed by atoms with van der Waals surface area (Å²) in [6.45, 7) is 4.75. The van der Waals surface area contributed by atoms with Gasteiger partial charge >= 0.3 is 0 Å². The molecule has 0 saturated carbocycles. The standard InChI is InChI=1S/C10H18N4O/c1-13-7-9(6-12-13)10(15)8-14-4-2-11-3-5-14/h6-7,10-11,15H,2-5,8H2,1H3/t10-/m0/s1. The highest BCUT2D eigenvalue weighted by Gasteiger charge is 2.16. The van der Waals surface area contributed by atoms with Crippen molar-refractivity contribution in [2.75, 3.05) is 32.7 Å². The van der Waals surface area contributed by atoms with E-state index in [-0.39, 0.29) is 0 Å². The number of nitrogens with zero attached hydrogens (tertiary/aromatic N) is 3. The van der Waals surface area contributed by atoms with Crippen LogP contribution in [0, 0.1) is 0 Å². The van der Waals surface area contributed by atoms with E-state index in [1.165, 1.54) is 0 Å². The molecule has 1 aromatic heterocycles. The lowest BCUT2D eigenvalue weighted by Crippen LogP contribution is -2.44. The van der Waals surface area contributed by atoms with Crippen LogP contribution < -0.4 is 5.32 Å². The first-order valence-corrected chi connectivity index (χ1v) is 5.35. The monoisotopic (exact) mass is 210 g/mol. The summed E-state index contributed by atoms with van der Waals surface area (Å²) in [7, 11) is 1.86. The van der Waals surface area contributed by atoms with E-state index in [2.05, 4.69) is 15.3 Å². The maximum Gasteiger partial charge on any atom is 0.0947 e. The Balaban J connectivity index is 1.88. The van der Waals surface area contributed by atoms with Crippen molar-refractivity contribution in [2.45, 2.75) is 6.10 Å². The maximum atomic E-state index is 9.97. The zero-order valence-corrected chi connectivity index (χ0v) is 9.06. The van der Waals surface area contributed by atoms with Crippen LogP contribution in [0.5, 0.6) is 0 Å². The minimum absolute atomic E-state index is 0.420. The SMILES string of the molecule is Cn1cc([C@@H](O)CN2CCNCC2)cn1. The Morgan fingerprint density at radius 1 is 1.53 bits per heavy atom. The van der Waals surface area contributed by atoms with Gasteiger partial charge in [0.1, 0.15) is 0 Å². The Hall–Kier alpha value is -0.910. The smallest absolute Gasteiger partial charge is 0.0947 e. The number of aliphatic hydroxyl groups is 1. The largest absolute Gasteiger partial charge is 0.387 e. The summed E-state index contributed by atoms with van der Waals surface area (Å²) in [6.07, 6.45) is 3.18. The second-order valence-electron chi connectivity index (χ2n) is 4.01. The average molecular weight is 210 g/mol. The van der Waals surface area contributed by atoms with Crippen LogP contribution in [-0.2, 0) is 7.05 Å². The van der Waals surface area contributed by atoms with Gasteiger partial charge in [-0.25, -0.2) is 0 Å². The summed E-state index contributed by atoms with van der Waals surface area (Å²) in [4.78, 5) is 2.27. The predicted molar refractivity (Wildman–Crippen MR) is 57.5 cm³/mol. The molecule has 1 fully saturated rings. The normalized spacial score (nSPS) is 20.4. The number of piperazine rings is 1. The third-order valence-corrected chi connectivity index (χ3v) is 2.75. The first-order valence-electron chi connectivity index (χ1n) is 5.35. The first kappa shape index (κ1) is 10.6. The molecule has 2 rings (SSSR count). The molecule has 0 amide bonds. The van der Waals surface area contributed by atoms with Crippen molar-refractivity contribution in [1.82, 2.24) is 20.0 Å². The lowest BCUT2D eigenvalue weighted by atomic mass is 10.2.